The van der Waals surface area contributed by atoms with Crippen LogP contribution in [0, 0.1) is 22.7 Å². The molecule has 6 nitrogen and oxygen atoms in total. The first-order valence-electron chi connectivity index (χ1n) is 10.7. The first kappa shape index (κ1) is 22.9. The third-order valence-corrected chi connectivity index (χ3v) is 8.67. The molecule has 3 aliphatic rings. The van der Waals surface area contributed by atoms with E-state index in [2.05, 4.69) is 32.7 Å². The highest BCUT2D eigenvalue weighted by molar-refractivity contribution is 7.85. The number of hydrogen-bond donors (Lipinski definition) is 2. The van der Waals surface area contributed by atoms with Crippen molar-refractivity contribution in [1.82, 2.24) is 5.32 Å². The van der Waals surface area contributed by atoms with E-state index in [1.54, 1.807) is 0 Å². The summed E-state index contributed by atoms with van der Waals surface area (Å²) in [4.78, 5) is 25.4. The number of hydrogen-bond acceptors (Lipinski definition) is 5. The predicted octanol–water partition coefficient (Wildman–Crippen LogP) is 3.61. The van der Waals surface area contributed by atoms with Crippen molar-refractivity contribution >= 4 is 21.7 Å². The van der Waals surface area contributed by atoms with Crippen LogP contribution >= 0.6 is 0 Å². The molecule has 0 amide bonds. The lowest BCUT2D eigenvalue weighted by molar-refractivity contribution is -0.116. The zero-order chi connectivity index (χ0) is 22.3. The zero-order valence-corrected chi connectivity index (χ0v) is 19.0. The molecule has 7 heteroatoms. The summed E-state index contributed by atoms with van der Waals surface area (Å²) in [6, 6.07) is 0. The van der Waals surface area contributed by atoms with Gasteiger partial charge in [0.25, 0.3) is 10.1 Å². The monoisotopic (exact) mass is 435 g/mol. The van der Waals surface area contributed by atoms with Gasteiger partial charge in [0, 0.05) is 18.2 Å². The van der Waals surface area contributed by atoms with Crippen LogP contribution in [-0.2, 0) is 19.7 Å². The molecule has 2 saturated carbocycles. The van der Waals surface area contributed by atoms with Gasteiger partial charge in [-0.05, 0) is 67.3 Å². The Kier molecular flexibility index (Phi) is 6.18. The number of ketones is 2. The molecule has 0 heterocycles. The van der Waals surface area contributed by atoms with E-state index < -0.39 is 15.9 Å². The summed E-state index contributed by atoms with van der Waals surface area (Å²) in [5, 5.41) is 2.72. The van der Waals surface area contributed by atoms with Gasteiger partial charge in [-0.25, -0.2) is 0 Å². The second kappa shape index (κ2) is 8.08. The Morgan fingerprint density at radius 3 is 2.60 bits per heavy atom. The summed E-state index contributed by atoms with van der Waals surface area (Å²) < 4.78 is 30.8. The molecular weight excluding hydrogens is 402 g/mol. The Balaban J connectivity index is 1.82. The highest BCUT2D eigenvalue weighted by Crippen LogP contribution is 2.63. The summed E-state index contributed by atoms with van der Waals surface area (Å²) in [5.41, 5.74) is 1.82. The Labute approximate surface area is 179 Å². The van der Waals surface area contributed by atoms with Crippen molar-refractivity contribution in [2.24, 2.45) is 22.7 Å². The van der Waals surface area contributed by atoms with E-state index >= 15 is 0 Å². The van der Waals surface area contributed by atoms with E-state index in [0.717, 1.165) is 32.1 Å². The molecule has 0 saturated heterocycles. The van der Waals surface area contributed by atoms with Crippen LogP contribution in [0.15, 0.2) is 35.6 Å². The van der Waals surface area contributed by atoms with Gasteiger partial charge in [0.2, 0.25) is 5.78 Å². The number of carbonyl (C=O) groups excluding carboxylic acids is 2. The first-order chi connectivity index (χ1) is 13.9. The van der Waals surface area contributed by atoms with Crippen molar-refractivity contribution < 1.29 is 22.6 Å². The molecule has 3 rings (SSSR count). The van der Waals surface area contributed by atoms with Crippen LogP contribution < -0.4 is 5.32 Å². The van der Waals surface area contributed by atoms with Gasteiger partial charge < -0.3 is 5.32 Å². The quantitative estimate of drug-likeness (QED) is 0.375. The standard InChI is InChI=1S/C23H33NO5S/c1-15-6-5-7-20-22(15,3)9-8-16(2)23(20,4)14-17-12-18(25)13-19(21(17)26)24-10-11-30(27,28)29/h12-13,16,20,24H,1,5-11,14H2,2-4H3,(H,27,28,29)/t16-,20+,22-,23+/m0/s1. The normalized spacial score (nSPS) is 34.9. The highest BCUT2D eigenvalue weighted by Gasteiger charge is 2.54. The molecule has 0 radical (unpaired) electrons. The van der Waals surface area contributed by atoms with E-state index in [4.69, 9.17) is 4.55 Å². The van der Waals surface area contributed by atoms with Gasteiger partial charge in [-0.2, -0.15) is 8.42 Å². The molecule has 166 valence electrons. The molecular formula is C23H33NO5S. The fourth-order valence-corrected chi connectivity index (χ4v) is 6.27. The summed E-state index contributed by atoms with van der Waals surface area (Å²) in [6.07, 6.45) is 8.59. The molecule has 2 N–H and O–H groups in total. The maximum Gasteiger partial charge on any atom is 0.266 e. The topological polar surface area (TPSA) is 101 Å². The van der Waals surface area contributed by atoms with Crippen LogP contribution in [0.5, 0.6) is 0 Å². The van der Waals surface area contributed by atoms with E-state index in [1.807, 2.05) is 0 Å². The number of rotatable bonds is 6. The van der Waals surface area contributed by atoms with E-state index in [-0.39, 0.29) is 34.6 Å². The van der Waals surface area contributed by atoms with Gasteiger partial charge in [-0.3, -0.25) is 14.1 Å². The van der Waals surface area contributed by atoms with Crippen molar-refractivity contribution in [2.75, 3.05) is 12.3 Å². The van der Waals surface area contributed by atoms with Crippen LogP contribution in [0.4, 0.5) is 0 Å². The van der Waals surface area contributed by atoms with Crippen LogP contribution in [0.25, 0.3) is 0 Å². The van der Waals surface area contributed by atoms with Crippen molar-refractivity contribution in [2.45, 2.75) is 59.3 Å². The third kappa shape index (κ3) is 4.33. The molecule has 30 heavy (non-hydrogen) atoms. The van der Waals surface area contributed by atoms with Crippen molar-refractivity contribution in [3.63, 3.8) is 0 Å². The minimum absolute atomic E-state index is 0.0637. The van der Waals surface area contributed by atoms with Crippen molar-refractivity contribution in [3.8, 4) is 0 Å². The fraction of sp³-hybridized carbons (Fsp3) is 0.652. The maximum absolute atomic E-state index is 13.1. The minimum Gasteiger partial charge on any atom is -0.381 e. The van der Waals surface area contributed by atoms with Crippen LogP contribution in [0.1, 0.15) is 59.3 Å². The van der Waals surface area contributed by atoms with Gasteiger partial charge in [0.05, 0.1) is 11.4 Å². The molecule has 0 spiro atoms. The molecule has 0 aromatic rings. The van der Waals surface area contributed by atoms with Crippen LogP contribution in [0.3, 0.4) is 0 Å². The lowest BCUT2D eigenvalue weighted by atomic mass is 9.46. The number of fused-ring (bicyclic) bond motifs is 1. The Hall–Kier alpha value is -1.73. The van der Waals surface area contributed by atoms with Crippen LogP contribution in [-0.4, -0.2) is 36.8 Å². The zero-order valence-electron chi connectivity index (χ0n) is 18.2. The third-order valence-electron chi connectivity index (χ3n) is 7.95. The molecule has 0 unspecified atom stereocenters. The Morgan fingerprint density at radius 2 is 1.93 bits per heavy atom. The molecule has 0 aromatic carbocycles. The SMILES string of the molecule is C=C1CCC[C@H]2[C@](C)(CC3=CC(=O)C=C(NCCS(=O)(=O)O)C3=O)[C@@H](C)CC[C@@]12C. The molecule has 0 aromatic heterocycles. The average Bonchev–Trinajstić information content (AvgIpc) is 2.63. The van der Waals surface area contributed by atoms with E-state index in [1.165, 1.54) is 17.7 Å². The smallest absolute Gasteiger partial charge is 0.266 e. The van der Waals surface area contributed by atoms with Crippen molar-refractivity contribution in [1.29, 1.82) is 0 Å². The summed E-state index contributed by atoms with van der Waals surface area (Å²) in [7, 11) is -4.14. The predicted molar refractivity (Wildman–Crippen MR) is 116 cm³/mol. The second-order valence-corrected chi connectivity index (χ2v) is 11.3. The number of carbonyl (C=O) groups is 2. The Bertz CT molecular complexity index is 931. The second-order valence-electron chi connectivity index (χ2n) is 9.76. The highest BCUT2D eigenvalue weighted by atomic mass is 32.2. The molecule has 3 aliphatic carbocycles. The van der Waals surface area contributed by atoms with Gasteiger partial charge in [0.15, 0.2) is 5.78 Å². The summed E-state index contributed by atoms with van der Waals surface area (Å²) in [5.74, 6) is -0.253. The minimum atomic E-state index is -4.14. The van der Waals surface area contributed by atoms with Gasteiger partial charge >= 0.3 is 0 Å². The van der Waals surface area contributed by atoms with Gasteiger partial charge in [0.1, 0.15) is 0 Å². The maximum atomic E-state index is 13.1. The van der Waals surface area contributed by atoms with Crippen molar-refractivity contribution in [3.05, 3.63) is 35.6 Å². The van der Waals surface area contributed by atoms with Crippen LogP contribution in [0.2, 0.25) is 0 Å². The van der Waals surface area contributed by atoms with E-state index in [9.17, 15) is 18.0 Å². The first-order valence-corrected chi connectivity index (χ1v) is 12.4. The van der Waals surface area contributed by atoms with Gasteiger partial charge in [-0.15, -0.1) is 0 Å². The molecule has 4 atom stereocenters. The largest absolute Gasteiger partial charge is 0.381 e. The number of allylic oxidation sites excluding steroid dienone is 4. The van der Waals surface area contributed by atoms with Gasteiger partial charge in [-0.1, -0.05) is 32.9 Å². The molecule has 0 aliphatic heterocycles. The number of nitrogens with one attached hydrogen (secondary N) is 1. The lowest BCUT2D eigenvalue weighted by Crippen LogP contribution is -2.50. The molecule has 2 fully saturated rings. The van der Waals surface area contributed by atoms with E-state index in [0.29, 0.717) is 23.8 Å². The fourth-order valence-electron chi connectivity index (χ4n) is 5.91. The Morgan fingerprint density at radius 1 is 1.23 bits per heavy atom. The lowest BCUT2D eigenvalue weighted by Gasteiger charge is -2.59. The molecule has 0 bridgehead atoms. The average molecular weight is 436 g/mol. The summed E-state index contributed by atoms with van der Waals surface area (Å²) >= 11 is 0. The summed E-state index contributed by atoms with van der Waals surface area (Å²) in [6.45, 7) is 11.0. The number of Topliss-reactive ketones (excluding diaryl/α,β-unsaturated/α-hetero) is 1.